The Hall–Kier alpha value is -1.52. The molecular weight excluding hydrogens is 267 g/mol. The first kappa shape index (κ1) is 12.1. The number of likely N-dealkylation sites (tertiary alicyclic amines) is 1. The number of rotatable bonds is 0. The molecule has 5 atom stereocenters. The van der Waals surface area contributed by atoms with Crippen LogP contribution in [-0.2, 0) is 11.8 Å². The maximum absolute atomic E-state index is 10.4. The number of phenolic OH excluding ortho intramolecular Hbond substituents is 1. The molecule has 110 valence electrons. The number of phenols is 1. The Balaban J connectivity index is 1.84. The van der Waals surface area contributed by atoms with Crippen molar-refractivity contribution in [3.05, 3.63) is 35.4 Å². The first-order chi connectivity index (χ1) is 10.1. The van der Waals surface area contributed by atoms with E-state index in [4.69, 9.17) is 4.74 Å². The second-order valence-corrected chi connectivity index (χ2v) is 6.93. The first-order valence-electron chi connectivity index (χ1n) is 7.71. The van der Waals surface area contributed by atoms with Gasteiger partial charge in [-0.05, 0) is 38.1 Å². The predicted molar refractivity (Wildman–Crippen MR) is 77.6 cm³/mol. The molecule has 1 aromatic rings. The van der Waals surface area contributed by atoms with Gasteiger partial charge in [0.15, 0.2) is 11.5 Å². The largest absolute Gasteiger partial charge is 0.504 e. The van der Waals surface area contributed by atoms with E-state index in [1.54, 1.807) is 6.07 Å². The smallest absolute Gasteiger partial charge is 0.165 e. The second-order valence-electron chi connectivity index (χ2n) is 6.93. The molecule has 4 nitrogen and oxygen atoms in total. The zero-order valence-electron chi connectivity index (χ0n) is 12.0. The van der Waals surface area contributed by atoms with Gasteiger partial charge < -0.3 is 19.8 Å². The van der Waals surface area contributed by atoms with E-state index in [1.165, 1.54) is 11.1 Å². The summed E-state index contributed by atoms with van der Waals surface area (Å²) in [5.41, 5.74) is 2.29. The lowest BCUT2D eigenvalue weighted by atomic mass is 9.54. The van der Waals surface area contributed by atoms with Gasteiger partial charge >= 0.3 is 0 Å². The van der Waals surface area contributed by atoms with Gasteiger partial charge in [-0.1, -0.05) is 18.2 Å². The molecule has 4 heteroatoms. The highest BCUT2D eigenvalue weighted by molar-refractivity contribution is 5.61. The Morgan fingerprint density at radius 1 is 1.33 bits per heavy atom. The van der Waals surface area contributed by atoms with E-state index in [0.29, 0.717) is 17.7 Å². The minimum absolute atomic E-state index is 0.160. The molecule has 5 rings (SSSR count). The Labute approximate surface area is 123 Å². The molecule has 0 amide bonds. The fourth-order valence-electron chi connectivity index (χ4n) is 5.24. The lowest BCUT2D eigenvalue weighted by Gasteiger charge is -2.56. The van der Waals surface area contributed by atoms with Gasteiger partial charge in [-0.2, -0.15) is 0 Å². The summed E-state index contributed by atoms with van der Waals surface area (Å²) in [5.74, 6) is 1.19. The van der Waals surface area contributed by atoms with E-state index in [2.05, 4.69) is 18.0 Å². The fourth-order valence-corrected chi connectivity index (χ4v) is 5.24. The summed E-state index contributed by atoms with van der Waals surface area (Å²) in [7, 11) is 2.19. The first-order valence-corrected chi connectivity index (χ1v) is 7.71. The second kappa shape index (κ2) is 3.62. The Morgan fingerprint density at radius 2 is 2.19 bits per heavy atom. The molecule has 4 aliphatic rings. The molecule has 21 heavy (non-hydrogen) atoms. The zero-order valence-corrected chi connectivity index (χ0v) is 12.0. The van der Waals surface area contributed by atoms with Crippen molar-refractivity contribution in [2.75, 3.05) is 13.6 Å². The highest BCUT2D eigenvalue weighted by atomic mass is 16.5. The van der Waals surface area contributed by atoms with E-state index in [1.807, 2.05) is 12.1 Å². The van der Waals surface area contributed by atoms with Crippen LogP contribution >= 0.6 is 0 Å². The van der Waals surface area contributed by atoms with Crippen LogP contribution in [0.25, 0.3) is 0 Å². The molecule has 1 spiro atoms. The van der Waals surface area contributed by atoms with Crippen molar-refractivity contribution in [1.29, 1.82) is 0 Å². The molecule has 1 aromatic carbocycles. The van der Waals surface area contributed by atoms with Crippen molar-refractivity contribution < 1.29 is 14.9 Å². The number of aliphatic hydroxyl groups is 1. The van der Waals surface area contributed by atoms with Crippen molar-refractivity contribution in [3.63, 3.8) is 0 Å². The molecule has 1 saturated heterocycles. The molecular formula is C17H19NO3. The van der Waals surface area contributed by atoms with E-state index in [-0.39, 0.29) is 17.3 Å². The summed E-state index contributed by atoms with van der Waals surface area (Å²) in [4.78, 5) is 2.43. The molecule has 2 bridgehead atoms. The number of ether oxygens (including phenoxy) is 1. The van der Waals surface area contributed by atoms with E-state index in [9.17, 15) is 10.2 Å². The molecule has 0 unspecified atom stereocenters. The summed E-state index contributed by atoms with van der Waals surface area (Å²) in [5, 5.41) is 20.6. The third-order valence-corrected chi connectivity index (χ3v) is 6.15. The Bertz CT molecular complexity index is 670. The van der Waals surface area contributed by atoms with Gasteiger partial charge in [0.2, 0.25) is 0 Å². The van der Waals surface area contributed by atoms with Crippen LogP contribution in [0.2, 0.25) is 0 Å². The number of likely N-dealkylation sites (N-methyl/N-ethyl adjacent to an activating group) is 1. The predicted octanol–water partition coefficient (Wildman–Crippen LogP) is 1.20. The summed E-state index contributed by atoms with van der Waals surface area (Å²) >= 11 is 0. The van der Waals surface area contributed by atoms with Crippen LogP contribution in [0.1, 0.15) is 17.5 Å². The molecule has 1 fully saturated rings. The summed E-state index contributed by atoms with van der Waals surface area (Å²) in [6, 6.07) is 4.23. The third-order valence-electron chi connectivity index (χ3n) is 6.15. The van der Waals surface area contributed by atoms with Gasteiger partial charge in [0.1, 0.15) is 12.2 Å². The Morgan fingerprint density at radius 3 is 3.05 bits per heavy atom. The quantitative estimate of drug-likeness (QED) is 0.704. The number of nitrogens with zero attached hydrogens (tertiary/aromatic N) is 1. The maximum Gasteiger partial charge on any atom is 0.165 e. The number of aliphatic hydroxyl groups excluding tert-OH is 1. The SMILES string of the molecule is CN1CC[C@]23c4c5[13cH]cc(O)c4O[C@H]2[C@@H](O)C=C[C@H]3[C@H]1C5. The van der Waals surface area contributed by atoms with Crippen molar-refractivity contribution in [2.45, 2.75) is 36.5 Å². The van der Waals surface area contributed by atoms with E-state index in [0.717, 1.165) is 19.4 Å². The molecule has 2 N–H and O–H groups in total. The maximum atomic E-state index is 10.4. The minimum Gasteiger partial charge on any atom is -0.504 e. The van der Waals surface area contributed by atoms with Crippen LogP contribution < -0.4 is 4.74 Å². The summed E-state index contributed by atoms with van der Waals surface area (Å²) in [6.45, 7) is 1.01. The number of aromatic hydroxyl groups is 1. The van der Waals surface area contributed by atoms with Crippen LogP contribution in [0, 0.1) is 5.92 Å². The van der Waals surface area contributed by atoms with Gasteiger partial charge in [-0.15, -0.1) is 0 Å². The Kier molecular flexibility index (Phi) is 2.08. The molecule has 2 aliphatic heterocycles. The van der Waals surface area contributed by atoms with Crippen LogP contribution in [0.15, 0.2) is 24.3 Å². The average molecular weight is 286 g/mol. The van der Waals surface area contributed by atoms with Gasteiger partial charge in [0, 0.05) is 22.9 Å². The molecule has 2 heterocycles. The van der Waals surface area contributed by atoms with E-state index >= 15 is 0 Å². The lowest BCUT2D eigenvalue weighted by Crippen LogP contribution is -2.64. The molecule has 2 aliphatic carbocycles. The molecule has 0 radical (unpaired) electrons. The van der Waals surface area contributed by atoms with Gasteiger partial charge in [0.05, 0.1) is 0 Å². The summed E-state index contributed by atoms with van der Waals surface area (Å²) < 4.78 is 6.09. The normalized spacial score (nSPS) is 42.6. The average Bonchev–Trinajstić information content (AvgIpc) is 2.83. The van der Waals surface area contributed by atoms with Crippen LogP contribution in [0.5, 0.6) is 11.5 Å². The van der Waals surface area contributed by atoms with Crippen LogP contribution in [0.4, 0.5) is 0 Å². The van der Waals surface area contributed by atoms with Crippen molar-refractivity contribution in [2.24, 2.45) is 5.92 Å². The number of hydrogen-bond acceptors (Lipinski definition) is 4. The summed E-state index contributed by atoms with van der Waals surface area (Å²) in [6.07, 6.45) is 5.18. The van der Waals surface area contributed by atoms with Crippen molar-refractivity contribution in [1.82, 2.24) is 4.90 Å². The minimum atomic E-state index is -0.594. The van der Waals surface area contributed by atoms with Gasteiger partial charge in [-0.3, -0.25) is 0 Å². The number of piperidine rings is 1. The van der Waals surface area contributed by atoms with Crippen molar-refractivity contribution >= 4 is 0 Å². The van der Waals surface area contributed by atoms with Gasteiger partial charge in [-0.25, -0.2) is 0 Å². The topological polar surface area (TPSA) is 52.9 Å². The highest BCUT2D eigenvalue weighted by Gasteiger charge is 2.64. The number of hydrogen-bond donors (Lipinski definition) is 2. The molecule has 0 aromatic heterocycles. The monoisotopic (exact) mass is 286 g/mol. The highest BCUT2D eigenvalue weighted by Crippen LogP contribution is 2.62. The standard InChI is InChI=1S/C17H19NO3/c1-18-7-6-17-10-3-5-13(20)16(17)21-15-12(19)4-2-9(14(15)17)8-11(10)18/h2-5,10-11,13,16,19-20H,6-8H2,1H3/t10-,11+,13-,16-,17-/m0/s1/i2+1. The van der Waals surface area contributed by atoms with Crippen molar-refractivity contribution in [3.8, 4) is 11.5 Å². The fraction of sp³-hybridized carbons (Fsp3) is 0.529. The third kappa shape index (κ3) is 1.21. The van der Waals surface area contributed by atoms with E-state index < -0.39 is 6.10 Å². The number of benzene rings is 1. The van der Waals surface area contributed by atoms with Crippen LogP contribution in [0.3, 0.4) is 0 Å². The molecule has 0 saturated carbocycles. The van der Waals surface area contributed by atoms with Gasteiger partial charge in [0.25, 0.3) is 0 Å². The van der Waals surface area contributed by atoms with Crippen LogP contribution in [-0.4, -0.2) is 47.0 Å². The lowest BCUT2D eigenvalue weighted by molar-refractivity contribution is -0.0453. The zero-order chi connectivity index (χ0) is 14.4.